The number of nitrogens with zero attached hydrogens (tertiary/aromatic N) is 1. The normalized spacial score (nSPS) is 24.5. The zero-order valence-corrected chi connectivity index (χ0v) is 10.5. The Kier molecular flexibility index (Phi) is 3.84. The first-order valence-corrected chi connectivity index (χ1v) is 6.72. The minimum atomic E-state index is 0.664. The molecule has 1 aliphatic carbocycles. The fourth-order valence-corrected chi connectivity index (χ4v) is 2.90. The molecule has 0 bridgehead atoms. The van der Waals surface area contributed by atoms with Crippen LogP contribution in [0, 0.1) is 5.92 Å². The Hall–Kier alpha value is -0.310. The minimum Gasteiger partial charge on any atom is -0.360 e. The van der Waals surface area contributed by atoms with Crippen LogP contribution in [0.5, 0.6) is 0 Å². The van der Waals surface area contributed by atoms with Crippen LogP contribution in [0.4, 0.5) is 0 Å². The summed E-state index contributed by atoms with van der Waals surface area (Å²) in [6, 6.07) is 0.664. The van der Waals surface area contributed by atoms with Gasteiger partial charge in [0.1, 0.15) is 0 Å². The smallest absolute Gasteiger partial charge is 0.169 e. The molecule has 0 aromatic rings. The molecule has 3 heteroatoms. The minimum absolute atomic E-state index is 0.664. The summed E-state index contributed by atoms with van der Waals surface area (Å²) >= 11 is 5.46. The van der Waals surface area contributed by atoms with Crippen LogP contribution in [0.1, 0.15) is 45.4 Å². The van der Waals surface area contributed by atoms with Gasteiger partial charge in [0.05, 0.1) is 0 Å². The maximum atomic E-state index is 5.46. The highest BCUT2D eigenvalue weighted by molar-refractivity contribution is 7.80. The molecule has 86 valence electrons. The molecule has 0 unspecified atom stereocenters. The monoisotopic (exact) mass is 226 g/mol. The molecule has 2 rings (SSSR count). The molecule has 1 heterocycles. The third kappa shape index (κ3) is 3.07. The van der Waals surface area contributed by atoms with E-state index in [-0.39, 0.29) is 0 Å². The molecule has 0 amide bonds. The highest BCUT2D eigenvalue weighted by Crippen LogP contribution is 2.19. The van der Waals surface area contributed by atoms with Crippen LogP contribution < -0.4 is 5.32 Å². The van der Waals surface area contributed by atoms with Gasteiger partial charge in [0.2, 0.25) is 0 Å². The van der Waals surface area contributed by atoms with Gasteiger partial charge in [-0.1, -0.05) is 19.8 Å². The quantitative estimate of drug-likeness (QED) is 0.692. The SMILES string of the molecule is CC1CCN(C(=S)NC2CCCC2)CC1. The molecule has 2 fully saturated rings. The van der Waals surface area contributed by atoms with Gasteiger partial charge in [0, 0.05) is 19.1 Å². The summed E-state index contributed by atoms with van der Waals surface area (Å²) in [5.41, 5.74) is 0. The number of likely N-dealkylation sites (tertiary alicyclic amines) is 1. The Balaban J connectivity index is 1.75. The summed E-state index contributed by atoms with van der Waals surface area (Å²) in [6.45, 7) is 4.64. The average Bonchev–Trinajstić information content (AvgIpc) is 2.71. The molecule has 0 aromatic heterocycles. The summed E-state index contributed by atoms with van der Waals surface area (Å²) in [5, 5.41) is 4.53. The van der Waals surface area contributed by atoms with Crippen molar-refractivity contribution in [3.63, 3.8) is 0 Å². The predicted molar refractivity (Wildman–Crippen MR) is 68.0 cm³/mol. The van der Waals surface area contributed by atoms with Gasteiger partial charge in [0.25, 0.3) is 0 Å². The lowest BCUT2D eigenvalue weighted by Crippen LogP contribution is -2.46. The molecular formula is C12H22N2S. The van der Waals surface area contributed by atoms with Gasteiger partial charge in [-0.3, -0.25) is 0 Å². The fourth-order valence-electron chi connectivity index (χ4n) is 2.55. The van der Waals surface area contributed by atoms with E-state index in [0.717, 1.165) is 24.1 Å². The third-order valence-electron chi connectivity index (χ3n) is 3.75. The van der Waals surface area contributed by atoms with Crippen molar-refractivity contribution >= 4 is 17.3 Å². The zero-order chi connectivity index (χ0) is 10.7. The van der Waals surface area contributed by atoms with E-state index in [1.807, 2.05) is 0 Å². The first-order valence-electron chi connectivity index (χ1n) is 6.31. The van der Waals surface area contributed by atoms with Crippen molar-refractivity contribution in [3.05, 3.63) is 0 Å². The van der Waals surface area contributed by atoms with Gasteiger partial charge in [-0.25, -0.2) is 0 Å². The second-order valence-electron chi connectivity index (χ2n) is 5.10. The maximum absolute atomic E-state index is 5.46. The van der Waals surface area contributed by atoms with E-state index in [1.165, 1.54) is 38.5 Å². The maximum Gasteiger partial charge on any atom is 0.169 e. The van der Waals surface area contributed by atoms with Gasteiger partial charge in [-0.2, -0.15) is 0 Å². The van der Waals surface area contributed by atoms with Crippen molar-refractivity contribution < 1.29 is 0 Å². The van der Waals surface area contributed by atoms with Crippen LogP contribution in [0.15, 0.2) is 0 Å². The van der Waals surface area contributed by atoms with E-state index in [4.69, 9.17) is 12.2 Å². The zero-order valence-electron chi connectivity index (χ0n) is 9.67. The Morgan fingerprint density at radius 2 is 1.73 bits per heavy atom. The Bertz CT molecular complexity index is 216. The van der Waals surface area contributed by atoms with Gasteiger partial charge < -0.3 is 10.2 Å². The Labute approximate surface area is 98.4 Å². The molecule has 0 atom stereocenters. The number of rotatable bonds is 1. The van der Waals surface area contributed by atoms with E-state index in [2.05, 4.69) is 17.1 Å². The van der Waals surface area contributed by atoms with Gasteiger partial charge in [0.15, 0.2) is 5.11 Å². The van der Waals surface area contributed by atoms with Gasteiger partial charge >= 0.3 is 0 Å². The van der Waals surface area contributed by atoms with Crippen molar-refractivity contribution in [1.29, 1.82) is 0 Å². The lowest BCUT2D eigenvalue weighted by atomic mass is 10.00. The Morgan fingerprint density at radius 3 is 2.33 bits per heavy atom. The number of hydrogen-bond donors (Lipinski definition) is 1. The molecular weight excluding hydrogens is 204 g/mol. The molecule has 2 aliphatic rings. The summed E-state index contributed by atoms with van der Waals surface area (Å²) in [5.74, 6) is 0.885. The topological polar surface area (TPSA) is 15.3 Å². The van der Waals surface area contributed by atoms with E-state index in [9.17, 15) is 0 Å². The van der Waals surface area contributed by atoms with Crippen molar-refractivity contribution in [1.82, 2.24) is 10.2 Å². The largest absolute Gasteiger partial charge is 0.360 e. The molecule has 0 aromatic carbocycles. The highest BCUT2D eigenvalue weighted by atomic mass is 32.1. The molecule has 1 N–H and O–H groups in total. The number of hydrogen-bond acceptors (Lipinski definition) is 1. The predicted octanol–water partition coefficient (Wildman–Crippen LogP) is 2.54. The number of nitrogens with one attached hydrogen (secondary N) is 1. The fraction of sp³-hybridized carbons (Fsp3) is 0.917. The van der Waals surface area contributed by atoms with Crippen molar-refractivity contribution in [2.24, 2.45) is 5.92 Å². The molecule has 0 spiro atoms. The number of thiocarbonyl (C=S) groups is 1. The molecule has 1 aliphatic heterocycles. The Morgan fingerprint density at radius 1 is 1.13 bits per heavy atom. The second-order valence-corrected chi connectivity index (χ2v) is 5.49. The summed E-state index contributed by atoms with van der Waals surface area (Å²) < 4.78 is 0. The third-order valence-corrected chi connectivity index (χ3v) is 4.13. The van der Waals surface area contributed by atoms with Crippen LogP contribution >= 0.6 is 12.2 Å². The van der Waals surface area contributed by atoms with Crippen molar-refractivity contribution in [3.8, 4) is 0 Å². The first kappa shape index (κ1) is 11.2. The molecule has 1 saturated heterocycles. The van der Waals surface area contributed by atoms with Gasteiger partial charge in [-0.05, 0) is 43.8 Å². The van der Waals surface area contributed by atoms with E-state index < -0.39 is 0 Å². The molecule has 15 heavy (non-hydrogen) atoms. The summed E-state index contributed by atoms with van der Waals surface area (Å²) in [4.78, 5) is 2.35. The lowest BCUT2D eigenvalue weighted by Gasteiger charge is -2.33. The van der Waals surface area contributed by atoms with Crippen LogP contribution in [-0.2, 0) is 0 Å². The summed E-state index contributed by atoms with van der Waals surface area (Å²) in [6.07, 6.45) is 7.96. The van der Waals surface area contributed by atoms with E-state index in [0.29, 0.717) is 6.04 Å². The second kappa shape index (κ2) is 5.15. The standard InChI is InChI=1S/C12H22N2S/c1-10-6-8-14(9-7-10)12(15)13-11-4-2-3-5-11/h10-11H,2-9H2,1H3,(H,13,15). The van der Waals surface area contributed by atoms with Crippen LogP contribution in [0.3, 0.4) is 0 Å². The van der Waals surface area contributed by atoms with Crippen molar-refractivity contribution in [2.75, 3.05) is 13.1 Å². The van der Waals surface area contributed by atoms with E-state index >= 15 is 0 Å². The molecule has 0 radical (unpaired) electrons. The van der Waals surface area contributed by atoms with E-state index in [1.54, 1.807) is 0 Å². The summed E-state index contributed by atoms with van der Waals surface area (Å²) in [7, 11) is 0. The van der Waals surface area contributed by atoms with Gasteiger partial charge in [-0.15, -0.1) is 0 Å². The highest BCUT2D eigenvalue weighted by Gasteiger charge is 2.21. The van der Waals surface area contributed by atoms with Crippen LogP contribution in [-0.4, -0.2) is 29.1 Å². The first-order chi connectivity index (χ1) is 7.25. The van der Waals surface area contributed by atoms with Crippen molar-refractivity contribution in [2.45, 2.75) is 51.5 Å². The number of piperidine rings is 1. The molecule has 1 saturated carbocycles. The van der Waals surface area contributed by atoms with Crippen LogP contribution in [0.25, 0.3) is 0 Å². The van der Waals surface area contributed by atoms with Crippen LogP contribution in [0.2, 0.25) is 0 Å². The molecule has 2 nitrogen and oxygen atoms in total. The lowest BCUT2D eigenvalue weighted by molar-refractivity contribution is 0.275. The average molecular weight is 226 g/mol.